The Morgan fingerprint density at radius 2 is 1.79 bits per heavy atom. The summed E-state index contributed by atoms with van der Waals surface area (Å²) in [6, 6.07) is 9.23. The van der Waals surface area contributed by atoms with Crippen molar-refractivity contribution < 1.29 is 32.2 Å². The summed E-state index contributed by atoms with van der Waals surface area (Å²) in [5.74, 6) is -0.240. The van der Waals surface area contributed by atoms with Crippen LogP contribution in [0, 0.1) is 0 Å². The van der Waals surface area contributed by atoms with Gasteiger partial charge in [-0.15, -0.1) is 0 Å². The zero-order valence-electron chi connectivity index (χ0n) is 18.5. The van der Waals surface area contributed by atoms with Crippen molar-refractivity contribution in [2.75, 3.05) is 33.4 Å². The van der Waals surface area contributed by atoms with E-state index in [1.54, 1.807) is 18.2 Å². The van der Waals surface area contributed by atoms with E-state index in [1.165, 1.54) is 29.6 Å². The molecule has 2 aliphatic heterocycles. The maximum Gasteiger partial charge on any atom is 0.342 e. The summed E-state index contributed by atoms with van der Waals surface area (Å²) in [7, 11) is -2.37. The highest BCUT2D eigenvalue weighted by molar-refractivity contribution is 7.89. The van der Waals surface area contributed by atoms with Crippen LogP contribution < -0.4 is 9.47 Å². The summed E-state index contributed by atoms with van der Waals surface area (Å²) in [5.41, 5.74) is 1.33. The van der Waals surface area contributed by atoms with Gasteiger partial charge in [0.05, 0.1) is 18.6 Å². The highest BCUT2D eigenvalue weighted by Gasteiger charge is 2.27. The topological polar surface area (TPSA) is 99.2 Å². The average molecular weight is 474 g/mol. The fraction of sp³-hybridized carbons (Fsp3) is 0.417. The van der Waals surface area contributed by atoms with E-state index in [0.717, 1.165) is 43.4 Å². The van der Waals surface area contributed by atoms with E-state index in [1.807, 2.05) is 0 Å². The smallest absolute Gasteiger partial charge is 0.342 e. The van der Waals surface area contributed by atoms with Crippen LogP contribution in [-0.2, 0) is 21.2 Å². The van der Waals surface area contributed by atoms with Crippen molar-refractivity contribution in [2.24, 2.45) is 0 Å². The molecule has 0 unspecified atom stereocenters. The monoisotopic (exact) mass is 473 g/mol. The molecule has 0 spiro atoms. The predicted octanol–water partition coefficient (Wildman–Crippen LogP) is 3.23. The molecule has 176 valence electrons. The second kappa shape index (κ2) is 9.93. The molecule has 4 rings (SSSR count). The van der Waals surface area contributed by atoms with Gasteiger partial charge < -0.3 is 14.2 Å². The molecule has 1 saturated heterocycles. The summed E-state index contributed by atoms with van der Waals surface area (Å²) in [4.78, 5) is 25.3. The molecule has 0 bridgehead atoms. The van der Waals surface area contributed by atoms with Crippen molar-refractivity contribution >= 4 is 21.8 Å². The van der Waals surface area contributed by atoms with E-state index in [0.29, 0.717) is 25.3 Å². The molecule has 0 radical (unpaired) electrons. The molecule has 2 aliphatic rings. The highest BCUT2D eigenvalue weighted by atomic mass is 32.2. The SMILES string of the molecule is COc1ccc(S(=O)(=O)N2CCCCCC2)cc1C(=O)OCC(=O)c1ccc2c(c1)CCO2. The number of sulfonamides is 1. The molecule has 33 heavy (non-hydrogen) atoms. The molecule has 0 aliphatic carbocycles. The number of methoxy groups -OCH3 is 1. The van der Waals surface area contributed by atoms with E-state index >= 15 is 0 Å². The Kier molecular flexibility index (Phi) is 6.99. The minimum Gasteiger partial charge on any atom is -0.496 e. The number of carbonyl (C=O) groups excluding carboxylic acids is 2. The van der Waals surface area contributed by atoms with Crippen LogP contribution in [0.15, 0.2) is 41.3 Å². The number of rotatable bonds is 7. The minimum atomic E-state index is -3.76. The second-order valence-electron chi connectivity index (χ2n) is 8.10. The van der Waals surface area contributed by atoms with E-state index in [9.17, 15) is 18.0 Å². The Morgan fingerprint density at radius 3 is 2.52 bits per heavy atom. The number of nitrogens with zero attached hydrogens (tertiary/aromatic N) is 1. The number of fused-ring (bicyclic) bond motifs is 1. The van der Waals surface area contributed by atoms with Gasteiger partial charge >= 0.3 is 5.97 Å². The van der Waals surface area contributed by atoms with Crippen LogP contribution in [0.2, 0.25) is 0 Å². The van der Waals surface area contributed by atoms with Gasteiger partial charge in [0.15, 0.2) is 12.4 Å². The number of ether oxygens (including phenoxy) is 3. The van der Waals surface area contributed by atoms with Gasteiger partial charge in [0, 0.05) is 25.1 Å². The van der Waals surface area contributed by atoms with Crippen LogP contribution in [0.4, 0.5) is 0 Å². The average Bonchev–Trinajstić information content (AvgIpc) is 3.12. The molecule has 0 aromatic heterocycles. The summed E-state index contributed by atoms with van der Waals surface area (Å²) in [6.07, 6.45) is 4.34. The van der Waals surface area contributed by atoms with E-state index in [4.69, 9.17) is 14.2 Å². The maximum atomic E-state index is 13.1. The highest BCUT2D eigenvalue weighted by Crippen LogP contribution is 2.28. The van der Waals surface area contributed by atoms with Crippen LogP contribution in [0.3, 0.4) is 0 Å². The van der Waals surface area contributed by atoms with Gasteiger partial charge in [-0.05, 0) is 54.8 Å². The molecule has 1 fully saturated rings. The molecule has 2 heterocycles. The Labute approximate surface area is 193 Å². The quantitative estimate of drug-likeness (QED) is 0.450. The lowest BCUT2D eigenvalue weighted by Crippen LogP contribution is -2.32. The lowest BCUT2D eigenvalue weighted by molar-refractivity contribution is 0.0471. The van der Waals surface area contributed by atoms with Gasteiger partial charge in [0.2, 0.25) is 10.0 Å². The number of carbonyl (C=O) groups is 2. The fourth-order valence-electron chi connectivity index (χ4n) is 4.09. The normalized spacial score (nSPS) is 16.4. The molecule has 0 atom stereocenters. The first-order valence-corrected chi connectivity index (χ1v) is 12.5. The number of esters is 1. The Balaban J connectivity index is 1.50. The summed E-state index contributed by atoms with van der Waals surface area (Å²) >= 11 is 0. The Hall–Kier alpha value is -2.91. The van der Waals surface area contributed by atoms with Crippen molar-refractivity contribution in [3.63, 3.8) is 0 Å². The third-order valence-corrected chi connectivity index (χ3v) is 7.83. The van der Waals surface area contributed by atoms with Crippen LogP contribution in [0.1, 0.15) is 52.0 Å². The molecule has 2 aromatic carbocycles. The summed E-state index contributed by atoms with van der Waals surface area (Å²) < 4.78 is 43.6. The number of hydrogen-bond acceptors (Lipinski definition) is 7. The molecule has 0 amide bonds. The predicted molar refractivity (Wildman–Crippen MR) is 120 cm³/mol. The molecule has 0 saturated carbocycles. The van der Waals surface area contributed by atoms with Crippen molar-refractivity contribution in [2.45, 2.75) is 37.0 Å². The summed E-state index contributed by atoms with van der Waals surface area (Å²) in [6.45, 7) is 1.02. The van der Waals surface area contributed by atoms with Gasteiger partial charge in [0.1, 0.15) is 17.1 Å². The van der Waals surface area contributed by atoms with Crippen LogP contribution in [-0.4, -0.2) is 57.9 Å². The maximum absolute atomic E-state index is 13.1. The lowest BCUT2D eigenvalue weighted by atomic mass is 10.1. The molecule has 8 nitrogen and oxygen atoms in total. The van der Waals surface area contributed by atoms with Crippen LogP contribution in [0.5, 0.6) is 11.5 Å². The third-order valence-electron chi connectivity index (χ3n) is 5.94. The number of benzene rings is 2. The van der Waals surface area contributed by atoms with Crippen molar-refractivity contribution in [1.82, 2.24) is 4.31 Å². The standard InChI is InChI=1S/C24H27NO7S/c1-30-23-9-7-19(33(28,29)25-11-4-2-3-5-12-25)15-20(23)24(27)32-16-21(26)17-6-8-22-18(14-17)10-13-31-22/h6-9,14-15H,2-5,10-13,16H2,1H3. The lowest BCUT2D eigenvalue weighted by Gasteiger charge is -2.20. The summed E-state index contributed by atoms with van der Waals surface area (Å²) in [5, 5.41) is 0. The Morgan fingerprint density at radius 1 is 1.03 bits per heavy atom. The van der Waals surface area contributed by atoms with E-state index in [2.05, 4.69) is 0 Å². The van der Waals surface area contributed by atoms with E-state index in [-0.39, 0.29) is 22.0 Å². The Bertz CT molecular complexity index is 1150. The van der Waals surface area contributed by atoms with Gasteiger partial charge in [-0.1, -0.05) is 12.8 Å². The van der Waals surface area contributed by atoms with Gasteiger partial charge in [-0.2, -0.15) is 4.31 Å². The molecule has 2 aromatic rings. The molecule has 9 heteroatoms. The van der Waals surface area contributed by atoms with Crippen molar-refractivity contribution in [1.29, 1.82) is 0 Å². The zero-order valence-corrected chi connectivity index (χ0v) is 19.4. The van der Waals surface area contributed by atoms with Gasteiger partial charge in [0.25, 0.3) is 0 Å². The first kappa shape index (κ1) is 23.3. The van der Waals surface area contributed by atoms with Crippen LogP contribution in [0.25, 0.3) is 0 Å². The fourth-order valence-corrected chi connectivity index (χ4v) is 5.63. The zero-order chi connectivity index (χ0) is 23.4. The molecular formula is C24H27NO7S. The minimum absolute atomic E-state index is 0.00194. The largest absolute Gasteiger partial charge is 0.496 e. The first-order valence-electron chi connectivity index (χ1n) is 11.0. The number of ketones is 1. The molecule has 0 N–H and O–H groups in total. The van der Waals surface area contributed by atoms with Gasteiger partial charge in [-0.3, -0.25) is 4.79 Å². The number of Topliss-reactive ketones (excluding diaryl/α,β-unsaturated/α-hetero) is 1. The second-order valence-corrected chi connectivity index (χ2v) is 10.0. The number of hydrogen-bond donors (Lipinski definition) is 0. The van der Waals surface area contributed by atoms with E-state index < -0.39 is 22.6 Å². The first-order chi connectivity index (χ1) is 15.9. The molecular weight excluding hydrogens is 446 g/mol. The van der Waals surface area contributed by atoms with Crippen LogP contribution >= 0.6 is 0 Å². The van der Waals surface area contributed by atoms with Gasteiger partial charge in [-0.25, -0.2) is 13.2 Å². The van der Waals surface area contributed by atoms with Crippen molar-refractivity contribution in [3.05, 3.63) is 53.1 Å². The van der Waals surface area contributed by atoms with Crippen molar-refractivity contribution in [3.8, 4) is 11.5 Å². The third kappa shape index (κ3) is 5.04.